The summed E-state index contributed by atoms with van der Waals surface area (Å²) in [6, 6.07) is 32.4. The molecular formula is C24H27OP. The number of unbranched alkanes of at least 4 members (excludes halogenated alkanes) is 2. The van der Waals surface area contributed by atoms with Crippen molar-refractivity contribution in [2.45, 2.75) is 25.9 Å². The maximum Gasteiger partial charge on any atom is 0.0716 e. The van der Waals surface area contributed by atoms with Crippen molar-refractivity contribution in [1.82, 2.24) is 0 Å². The van der Waals surface area contributed by atoms with Gasteiger partial charge in [-0.25, -0.2) is 0 Å². The zero-order chi connectivity index (χ0) is 17.9. The van der Waals surface area contributed by atoms with Crippen LogP contribution in [0.3, 0.4) is 0 Å². The van der Waals surface area contributed by atoms with Gasteiger partial charge in [-0.1, -0.05) is 97.4 Å². The zero-order valence-electron chi connectivity index (χ0n) is 15.3. The molecule has 0 bridgehead atoms. The van der Waals surface area contributed by atoms with Gasteiger partial charge in [-0.05, 0) is 43.1 Å². The second kappa shape index (κ2) is 10.9. The lowest BCUT2D eigenvalue weighted by Crippen LogP contribution is -2.13. The van der Waals surface area contributed by atoms with Crippen LogP contribution < -0.4 is 10.6 Å². The third-order valence-corrected chi connectivity index (χ3v) is 7.02. The molecule has 0 amide bonds. The molecule has 26 heavy (non-hydrogen) atoms. The molecule has 0 unspecified atom stereocenters. The number of benzene rings is 3. The van der Waals surface area contributed by atoms with E-state index >= 15 is 0 Å². The summed E-state index contributed by atoms with van der Waals surface area (Å²) >= 11 is 0. The van der Waals surface area contributed by atoms with Crippen LogP contribution in [0.5, 0.6) is 0 Å². The fourth-order valence-electron chi connectivity index (χ4n) is 3.04. The summed E-state index contributed by atoms with van der Waals surface area (Å²) in [7, 11) is -0.252. The van der Waals surface area contributed by atoms with Crippen molar-refractivity contribution in [2.75, 3.05) is 12.8 Å². The standard InChI is InChI=1S/C24H27OP/c1-5-13-22(14-6-1)21-25-19-11-4-12-20-26(23-15-7-2-8-16-23)24-17-9-3-10-18-24/h1-3,5-10,13-18H,4,11-12,19-21H2. The van der Waals surface area contributed by atoms with Crippen LogP contribution in [-0.2, 0) is 11.3 Å². The predicted molar refractivity (Wildman–Crippen MR) is 114 cm³/mol. The summed E-state index contributed by atoms with van der Waals surface area (Å²) in [4.78, 5) is 0. The Morgan fingerprint density at radius 3 is 1.69 bits per heavy atom. The second-order valence-electron chi connectivity index (χ2n) is 6.42. The van der Waals surface area contributed by atoms with E-state index in [9.17, 15) is 0 Å². The van der Waals surface area contributed by atoms with Crippen molar-refractivity contribution in [1.29, 1.82) is 0 Å². The van der Waals surface area contributed by atoms with Gasteiger partial charge in [0.15, 0.2) is 0 Å². The molecule has 0 aliphatic carbocycles. The molecule has 3 aromatic carbocycles. The van der Waals surface area contributed by atoms with Gasteiger partial charge in [0.25, 0.3) is 0 Å². The fourth-order valence-corrected chi connectivity index (χ4v) is 5.46. The molecule has 3 aromatic rings. The summed E-state index contributed by atoms with van der Waals surface area (Å²) in [6.45, 7) is 1.57. The molecule has 0 aliphatic rings. The molecular weight excluding hydrogens is 335 g/mol. The van der Waals surface area contributed by atoms with Gasteiger partial charge in [-0.2, -0.15) is 0 Å². The fraction of sp³-hybridized carbons (Fsp3) is 0.250. The molecule has 1 nitrogen and oxygen atoms in total. The van der Waals surface area contributed by atoms with Gasteiger partial charge in [0.05, 0.1) is 6.61 Å². The minimum absolute atomic E-state index is 0.252. The summed E-state index contributed by atoms with van der Waals surface area (Å²) in [5, 5.41) is 2.96. The first-order chi connectivity index (χ1) is 12.9. The van der Waals surface area contributed by atoms with Crippen LogP contribution in [0.2, 0.25) is 0 Å². The Morgan fingerprint density at radius 2 is 1.12 bits per heavy atom. The third kappa shape index (κ3) is 6.09. The monoisotopic (exact) mass is 362 g/mol. The first-order valence-electron chi connectivity index (χ1n) is 9.43. The maximum absolute atomic E-state index is 5.80. The van der Waals surface area contributed by atoms with Crippen molar-refractivity contribution >= 4 is 18.5 Å². The Kier molecular flexibility index (Phi) is 7.90. The van der Waals surface area contributed by atoms with Crippen molar-refractivity contribution < 1.29 is 4.74 Å². The number of hydrogen-bond donors (Lipinski definition) is 0. The van der Waals surface area contributed by atoms with E-state index in [1.165, 1.54) is 35.2 Å². The third-order valence-electron chi connectivity index (χ3n) is 4.42. The van der Waals surface area contributed by atoms with Crippen LogP contribution in [0.4, 0.5) is 0 Å². The van der Waals surface area contributed by atoms with Crippen LogP contribution in [-0.4, -0.2) is 12.8 Å². The normalized spacial score (nSPS) is 11.0. The van der Waals surface area contributed by atoms with Crippen LogP contribution in [0.25, 0.3) is 0 Å². The summed E-state index contributed by atoms with van der Waals surface area (Å²) in [6.07, 6.45) is 4.87. The number of ether oxygens (including phenoxy) is 1. The van der Waals surface area contributed by atoms with E-state index in [4.69, 9.17) is 4.74 Å². The van der Waals surface area contributed by atoms with Crippen LogP contribution >= 0.6 is 7.92 Å². The lowest BCUT2D eigenvalue weighted by atomic mass is 10.2. The number of rotatable bonds is 10. The quantitative estimate of drug-likeness (QED) is 0.341. The van der Waals surface area contributed by atoms with E-state index in [1.807, 2.05) is 6.07 Å². The van der Waals surface area contributed by atoms with E-state index in [0.717, 1.165) is 19.6 Å². The highest BCUT2D eigenvalue weighted by Gasteiger charge is 2.12. The Hall–Kier alpha value is -1.95. The highest BCUT2D eigenvalue weighted by molar-refractivity contribution is 7.73. The summed E-state index contributed by atoms with van der Waals surface area (Å²) in [5.41, 5.74) is 1.25. The van der Waals surface area contributed by atoms with Crippen molar-refractivity contribution in [3.05, 3.63) is 96.6 Å². The van der Waals surface area contributed by atoms with Crippen LogP contribution in [0.15, 0.2) is 91.0 Å². The van der Waals surface area contributed by atoms with Crippen LogP contribution in [0, 0.1) is 0 Å². The average molecular weight is 362 g/mol. The zero-order valence-corrected chi connectivity index (χ0v) is 16.2. The molecule has 134 valence electrons. The second-order valence-corrected chi connectivity index (χ2v) is 8.76. The summed E-state index contributed by atoms with van der Waals surface area (Å²) < 4.78 is 5.80. The van der Waals surface area contributed by atoms with Crippen molar-refractivity contribution in [2.24, 2.45) is 0 Å². The topological polar surface area (TPSA) is 9.23 Å². The molecule has 3 rings (SSSR count). The van der Waals surface area contributed by atoms with Gasteiger partial charge >= 0.3 is 0 Å². The molecule has 0 aliphatic heterocycles. The van der Waals surface area contributed by atoms with Gasteiger partial charge in [-0.3, -0.25) is 0 Å². The van der Waals surface area contributed by atoms with Crippen molar-refractivity contribution in [3.63, 3.8) is 0 Å². The minimum atomic E-state index is -0.252. The first-order valence-corrected chi connectivity index (χ1v) is 11.0. The Bertz CT molecular complexity index is 688. The molecule has 2 heteroatoms. The van der Waals surface area contributed by atoms with E-state index in [2.05, 4.69) is 84.9 Å². The van der Waals surface area contributed by atoms with Gasteiger partial charge in [0.2, 0.25) is 0 Å². The van der Waals surface area contributed by atoms with Gasteiger partial charge in [0.1, 0.15) is 0 Å². The maximum atomic E-state index is 5.80. The van der Waals surface area contributed by atoms with E-state index in [0.29, 0.717) is 0 Å². The van der Waals surface area contributed by atoms with Crippen molar-refractivity contribution in [3.8, 4) is 0 Å². The largest absolute Gasteiger partial charge is 0.377 e. The Balaban J connectivity index is 1.42. The summed E-state index contributed by atoms with van der Waals surface area (Å²) in [5.74, 6) is 0. The SMILES string of the molecule is c1ccc(COCCCCCP(c2ccccc2)c2ccccc2)cc1. The molecule has 0 atom stereocenters. The molecule has 0 radical (unpaired) electrons. The highest BCUT2D eigenvalue weighted by atomic mass is 31.1. The molecule has 0 saturated carbocycles. The molecule has 0 aromatic heterocycles. The minimum Gasteiger partial charge on any atom is -0.377 e. The molecule has 0 N–H and O–H groups in total. The first kappa shape index (κ1) is 18.8. The average Bonchev–Trinajstić information content (AvgIpc) is 2.72. The lowest BCUT2D eigenvalue weighted by Gasteiger charge is -2.18. The van der Waals surface area contributed by atoms with Gasteiger partial charge < -0.3 is 4.74 Å². The van der Waals surface area contributed by atoms with E-state index < -0.39 is 0 Å². The van der Waals surface area contributed by atoms with Gasteiger partial charge in [-0.15, -0.1) is 0 Å². The predicted octanol–water partition coefficient (Wildman–Crippen LogP) is 5.51. The van der Waals surface area contributed by atoms with E-state index in [1.54, 1.807) is 0 Å². The smallest absolute Gasteiger partial charge is 0.0716 e. The number of hydrogen-bond acceptors (Lipinski definition) is 1. The molecule has 0 saturated heterocycles. The highest BCUT2D eigenvalue weighted by Crippen LogP contribution is 2.34. The molecule has 0 spiro atoms. The van der Waals surface area contributed by atoms with Gasteiger partial charge in [0, 0.05) is 6.61 Å². The lowest BCUT2D eigenvalue weighted by molar-refractivity contribution is 0.117. The molecule has 0 heterocycles. The Labute approximate surface area is 158 Å². The molecule has 0 fully saturated rings. The Morgan fingerprint density at radius 1 is 0.577 bits per heavy atom. The van der Waals surface area contributed by atoms with E-state index in [-0.39, 0.29) is 7.92 Å². The van der Waals surface area contributed by atoms with Crippen LogP contribution in [0.1, 0.15) is 24.8 Å².